The quantitative estimate of drug-likeness (QED) is 0.306. The molecule has 0 saturated heterocycles. The molecule has 0 fully saturated rings. The molecule has 3 aromatic carbocycles. The van der Waals surface area contributed by atoms with Crippen LogP contribution in [0.2, 0.25) is 0 Å². The van der Waals surface area contributed by atoms with Gasteiger partial charge in [0.05, 0.1) is 0 Å². The third-order valence-electron chi connectivity index (χ3n) is 3.94. The second-order valence-corrected chi connectivity index (χ2v) is 5.79. The maximum Gasteiger partial charge on any atom is 0.186 e. The summed E-state index contributed by atoms with van der Waals surface area (Å²) in [6, 6.07) is -1.28. The van der Waals surface area contributed by atoms with Crippen LogP contribution >= 0.6 is 0 Å². The molecule has 0 atom stereocenters. The van der Waals surface area contributed by atoms with E-state index in [1.165, 1.54) is 0 Å². The Morgan fingerprint density at radius 2 is 0.484 bits per heavy atom. The van der Waals surface area contributed by atoms with Gasteiger partial charge in [0.2, 0.25) is 0 Å². The molecule has 0 N–H and O–H groups in total. The van der Waals surface area contributed by atoms with Gasteiger partial charge in [0, 0.05) is 18.2 Å². The lowest BCUT2D eigenvalue weighted by atomic mass is 10.1. The fourth-order valence-electron chi connectivity index (χ4n) is 2.61. The van der Waals surface area contributed by atoms with Crippen molar-refractivity contribution in [1.29, 1.82) is 0 Å². The maximum absolute atomic E-state index is 14.3. The molecule has 0 saturated carbocycles. The SMILES string of the molecule is Fc1cc(F)c(F)c(N(c2c(F)c(F)cc(F)c2F)c2c(F)c(F)cc(F)c2F)c1F. The summed E-state index contributed by atoms with van der Waals surface area (Å²) in [6.07, 6.45) is 0. The molecule has 0 aliphatic carbocycles. The molecule has 0 aliphatic heterocycles. The summed E-state index contributed by atoms with van der Waals surface area (Å²) >= 11 is 0. The van der Waals surface area contributed by atoms with Gasteiger partial charge in [-0.15, -0.1) is 0 Å². The first-order chi connectivity index (χ1) is 14.4. The number of halogens is 12. The Hall–Kier alpha value is -3.38. The van der Waals surface area contributed by atoms with Crippen molar-refractivity contribution in [1.82, 2.24) is 0 Å². The number of nitrogens with zero attached hydrogens (tertiary/aromatic N) is 1. The molecule has 0 amide bonds. The standard InChI is InChI=1S/C18H3F12N/c19-4-1-5(20)11(26)16(10(4)25)31(17-12(27)6(21)2-7(22)13(17)28)18-14(29)8(23)3-9(24)15(18)30/h1-3H. The summed E-state index contributed by atoms with van der Waals surface area (Å²) in [4.78, 5) is -1.09. The largest absolute Gasteiger partial charge is 0.294 e. The van der Waals surface area contributed by atoms with E-state index in [2.05, 4.69) is 0 Å². The Labute approximate surface area is 163 Å². The average Bonchev–Trinajstić information content (AvgIpc) is 2.69. The van der Waals surface area contributed by atoms with Crippen LogP contribution in [0.1, 0.15) is 0 Å². The van der Waals surface area contributed by atoms with Gasteiger partial charge in [-0.1, -0.05) is 0 Å². The lowest BCUT2D eigenvalue weighted by Gasteiger charge is -2.28. The molecule has 3 rings (SSSR count). The molecule has 0 radical (unpaired) electrons. The van der Waals surface area contributed by atoms with Gasteiger partial charge in [-0.25, -0.2) is 52.7 Å². The van der Waals surface area contributed by atoms with Crippen LogP contribution in [-0.4, -0.2) is 0 Å². The number of anilines is 3. The Morgan fingerprint density at radius 3 is 0.645 bits per heavy atom. The van der Waals surface area contributed by atoms with Crippen LogP contribution in [0.3, 0.4) is 0 Å². The lowest BCUT2D eigenvalue weighted by molar-refractivity contribution is 0.438. The molecular formula is C18H3F12N. The van der Waals surface area contributed by atoms with Gasteiger partial charge in [-0.05, 0) is 0 Å². The highest BCUT2D eigenvalue weighted by Gasteiger charge is 2.37. The highest BCUT2D eigenvalue weighted by Crippen LogP contribution is 2.45. The van der Waals surface area contributed by atoms with Crippen molar-refractivity contribution in [2.75, 3.05) is 4.90 Å². The Bertz CT molecular complexity index is 994. The number of hydrogen-bond donors (Lipinski definition) is 0. The summed E-state index contributed by atoms with van der Waals surface area (Å²) < 4.78 is 168. The van der Waals surface area contributed by atoms with Gasteiger partial charge in [0.25, 0.3) is 0 Å². The number of hydrogen-bond acceptors (Lipinski definition) is 1. The van der Waals surface area contributed by atoms with Gasteiger partial charge in [-0.3, -0.25) is 4.90 Å². The zero-order valence-electron chi connectivity index (χ0n) is 14.2. The number of benzene rings is 3. The zero-order chi connectivity index (χ0) is 23.4. The average molecular weight is 461 g/mol. The van der Waals surface area contributed by atoms with E-state index >= 15 is 0 Å². The Kier molecular flexibility index (Phi) is 5.54. The first-order valence-corrected chi connectivity index (χ1v) is 7.67. The van der Waals surface area contributed by atoms with Gasteiger partial charge in [0.1, 0.15) is 17.1 Å². The number of rotatable bonds is 3. The Morgan fingerprint density at radius 1 is 0.323 bits per heavy atom. The fourth-order valence-corrected chi connectivity index (χ4v) is 2.61. The summed E-state index contributed by atoms with van der Waals surface area (Å²) in [5, 5.41) is 0. The molecule has 0 bridgehead atoms. The van der Waals surface area contributed by atoms with E-state index in [4.69, 9.17) is 0 Å². The summed E-state index contributed by atoms with van der Waals surface area (Å²) in [5.41, 5.74) is -7.12. The maximum atomic E-state index is 14.3. The molecule has 13 heteroatoms. The second kappa shape index (κ2) is 7.71. The topological polar surface area (TPSA) is 3.24 Å². The predicted molar refractivity (Wildman–Crippen MR) is 80.6 cm³/mol. The van der Waals surface area contributed by atoms with Gasteiger partial charge in [-0.2, -0.15) is 0 Å². The minimum Gasteiger partial charge on any atom is -0.294 e. The van der Waals surface area contributed by atoms with E-state index in [9.17, 15) is 52.7 Å². The van der Waals surface area contributed by atoms with E-state index in [1.54, 1.807) is 0 Å². The molecule has 3 aromatic rings. The first-order valence-electron chi connectivity index (χ1n) is 7.67. The molecule has 31 heavy (non-hydrogen) atoms. The molecule has 0 aromatic heterocycles. The predicted octanol–water partition coefficient (Wildman–Crippen LogP) is 6.83. The van der Waals surface area contributed by atoms with Crippen molar-refractivity contribution in [2.24, 2.45) is 0 Å². The van der Waals surface area contributed by atoms with Crippen LogP contribution in [0.15, 0.2) is 18.2 Å². The molecule has 0 unspecified atom stereocenters. The highest BCUT2D eigenvalue weighted by atomic mass is 19.2. The second-order valence-electron chi connectivity index (χ2n) is 5.79. The van der Waals surface area contributed by atoms with Crippen LogP contribution < -0.4 is 4.90 Å². The monoisotopic (exact) mass is 461 g/mol. The van der Waals surface area contributed by atoms with Crippen molar-refractivity contribution in [2.45, 2.75) is 0 Å². The molecular weight excluding hydrogens is 458 g/mol. The Balaban J connectivity index is 2.61. The van der Waals surface area contributed by atoms with Crippen molar-refractivity contribution >= 4 is 17.1 Å². The third kappa shape index (κ3) is 3.43. The van der Waals surface area contributed by atoms with Crippen LogP contribution in [0.5, 0.6) is 0 Å². The summed E-state index contributed by atoms with van der Waals surface area (Å²) in [5.74, 6) is -29.2. The van der Waals surface area contributed by atoms with Crippen LogP contribution in [0, 0.1) is 69.8 Å². The van der Waals surface area contributed by atoms with Crippen LogP contribution in [-0.2, 0) is 0 Å². The summed E-state index contributed by atoms with van der Waals surface area (Å²) in [7, 11) is 0. The van der Waals surface area contributed by atoms with Gasteiger partial charge < -0.3 is 0 Å². The zero-order valence-corrected chi connectivity index (χ0v) is 14.2. The lowest BCUT2D eigenvalue weighted by Crippen LogP contribution is -2.22. The van der Waals surface area contributed by atoms with E-state index in [0.717, 1.165) is 0 Å². The molecule has 0 aliphatic rings. The van der Waals surface area contributed by atoms with Crippen LogP contribution in [0.25, 0.3) is 0 Å². The minimum atomic E-state index is -2.58. The first kappa shape index (κ1) is 22.3. The third-order valence-corrected chi connectivity index (χ3v) is 3.94. The normalized spacial score (nSPS) is 11.2. The molecule has 164 valence electrons. The van der Waals surface area contributed by atoms with E-state index in [0.29, 0.717) is 0 Å². The fraction of sp³-hybridized carbons (Fsp3) is 0. The summed E-state index contributed by atoms with van der Waals surface area (Å²) in [6.45, 7) is 0. The molecule has 0 spiro atoms. The van der Waals surface area contributed by atoms with Crippen molar-refractivity contribution in [3.63, 3.8) is 0 Å². The smallest absolute Gasteiger partial charge is 0.186 e. The van der Waals surface area contributed by atoms with E-state index in [1.807, 2.05) is 0 Å². The minimum absolute atomic E-state index is 0.426. The van der Waals surface area contributed by atoms with Gasteiger partial charge >= 0.3 is 0 Å². The van der Waals surface area contributed by atoms with Crippen LogP contribution in [0.4, 0.5) is 69.7 Å². The molecule has 1 nitrogen and oxygen atoms in total. The van der Waals surface area contributed by atoms with E-state index < -0.39 is 110 Å². The van der Waals surface area contributed by atoms with Crippen molar-refractivity contribution in [3.05, 3.63) is 88.0 Å². The highest BCUT2D eigenvalue weighted by molar-refractivity contribution is 5.79. The van der Waals surface area contributed by atoms with Crippen molar-refractivity contribution in [3.8, 4) is 0 Å². The van der Waals surface area contributed by atoms with E-state index in [-0.39, 0.29) is 0 Å². The molecule has 0 heterocycles. The van der Waals surface area contributed by atoms with Crippen molar-refractivity contribution < 1.29 is 52.7 Å². The van der Waals surface area contributed by atoms with Gasteiger partial charge in [0.15, 0.2) is 69.8 Å².